The molecule has 1 aromatic heterocycles. The Morgan fingerprint density at radius 1 is 1.05 bits per heavy atom. The van der Waals surface area contributed by atoms with Gasteiger partial charge in [-0.05, 0) is 25.0 Å². The number of hydrogen-bond donors (Lipinski definition) is 1. The van der Waals surface area contributed by atoms with Crippen LogP contribution in [-0.2, 0) is 6.54 Å². The molecular formula is C15H20N4. The first kappa shape index (κ1) is 12.4. The zero-order valence-electron chi connectivity index (χ0n) is 11.1. The lowest BCUT2D eigenvalue weighted by Crippen LogP contribution is -2.14. The number of rotatable bonds is 3. The molecule has 0 unspecified atom stereocenters. The minimum Gasteiger partial charge on any atom is -0.324 e. The van der Waals surface area contributed by atoms with E-state index in [2.05, 4.69) is 26.9 Å². The van der Waals surface area contributed by atoms with Crippen LogP contribution >= 0.6 is 0 Å². The summed E-state index contributed by atoms with van der Waals surface area (Å²) in [5.74, 6) is 2.47. The molecular weight excluding hydrogens is 236 g/mol. The third kappa shape index (κ3) is 2.40. The predicted octanol–water partition coefficient (Wildman–Crippen LogP) is 2.77. The van der Waals surface area contributed by atoms with Crippen molar-refractivity contribution in [1.82, 2.24) is 14.8 Å². The summed E-state index contributed by atoms with van der Waals surface area (Å²) in [5, 5.41) is 8.69. The summed E-state index contributed by atoms with van der Waals surface area (Å²) in [6.07, 6.45) is 6.37. The van der Waals surface area contributed by atoms with Gasteiger partial charge in [0.1, 0.15) is 5.82 Å². The van der Waals surface area contributed by atoms with Crippen LogP contribution in [0.5, 0.6) is 0 Å². The largest absolute Gasteiger partial charge is 0.324 e. The van der Waals surface area contributed by atoms with Gasteiger partial charge in [-0.1, -0.05) is 37.5 Å². The zero-order valence-corrected chi connectivity index (χ0v) is 11.1. The molecule has 1 aliphatic carbocycles. The van der Waals surface area contributed by atoms with Crippen LogP contribution in [0.3, 0.4) is 0 Å². The lowest BCUT2D eigenvalue weighted by atomic mass is 9.88. The van der Waals surface area contributed by atoms with Crippen molar-refractivity contribution in [3.05, 3.63) is 42.0 Å². The number of hydrogen-bond acceptors (Lipinski definition) is 3. The maximum atomic E-state index is 5.81. The molecule has 4 heteroatoms. The second-order valence-corrected chi connectivity index (χ2v) is 5.18. The van der Waals surface area contributed by atoms with Gasteiger partial charge in [-0.15, -0.1) is 10.2 Å². The van der Waals surface area contributed by atoms with Crippen molar-refractivity contribution in [3.63, 3.8) is 0 Å². The number of para-hydroxylation sites is 1. The fraction of sp³-hybridized carbons (Fsp3) is 0.467. The van der Waals surface area contributed by atoms with Crippen molar-refractivity contribution in [2.45, 2.75) is 44.6 Å². The lowest BCUT2D eigenvalue weighted by Gasteiger charge is -2.22. The average Bonchev–Trinajstić information content (AvgIpc) is 2.93. The van der Waals surface area contributed by atoms with E-state index in [1.54, 1.807) is 0 Å². The molecule has 0 atom stereocenters. The Morgan fingerprint density at radius 3 is 2.47 bits per heavy atom. The topological polar surface area (TPSA) is 56.7 Å². The van der Waals surface area contributed by atoms with Crippen LogP contribution < -0.4 is 5.73 Å². The molecule has 19 heavy (non-hydrogen) atoms. The summed E-state index contributed by atoms with van der Waals surface area (Å²) in [6, 6.07) is 10.3. The van der Waals surface area contributed by atoms with Crippen molar-refractivity contribution in [2.75, 3.05) is 0 Å². The maximum absolute atomic E-state index is 5.81. The molecule has 0 bridgehead atoms. The molecule has 0 aliphatic heterocycles. The first-order chi connectivity index (χ1) is 9.40. The Kier molecular flexibility index (Phi) is 3.60. The van der Waals surface area contributed by atoms with Gasteiger partial charge in [-0.3, -0.25) is 4.57 Å². The summed E-state index contributed by atoms with van der Waals surface area (Å²) in [5.41, 5.74) is 6.93. The van der Waals surface area contributed by atoms with Crippen molar-refractivity contribution in [2.24, 2.45) is 5.73 Å². The number of nitrogens with two attached hydrogens (primary N) is 1. The van der Waals surface area contributed by atoms with Gasteiger partial charge < -0.3 is 5.73 Å². The van der Waals surface area contributed by atoms with Crippen LogP contribution in [0, 0.1) is 0 Å². The highest BCUT2D eigenvalue weighted by Gasteiger charge is 2.23. The van der Waals surface area contributed by atoms with Gasteiger partial charge in [-0.25, -0.2) is 0 Å². The molecule has 1 fully saturated rings. The van der Waals surface area contributed by atoms with Gasteiger partial charge in [0.15, 0.2) is 5.82 Å². The van der Waals surface area contributed by atoms with E-state index in [0.717, 1.165) is 17.3 Å². The number of nitrogens with zero attached hydrogens (tertiary/aromatic N) is 3. The van der Waals surface area contributed by atoms with Crippen molar-refractivity contribution >= 4 is 0 Å². The van der Waals surface area contributed by atoms with Gasteiger partial charge >= 0.3 is 0 Å². The summed E-state index contributed by atoms with van der Waals surface area (Å²) in [4.78, 5) is 0. The highest BCUT2D eigenvalue weighted by Crippen LogP contribution is 2.33. The third-order valence-electron chi connectivity index (χ3n) is 3.92. The minimum absolute atomic E-state index is 0.425. The molecule has 100 valence electrons. The number of aromatic nitrogens is 3. The van der Waals surface area contributed by atoms with E-state index in [1.807, 2.05) is 18.2 Å². The quantitative estimate of drug-likeness (QED) is 0.918. The monoisotopic (exact) mass is 256 g/mol. The molecule has 4 nitrogen and oxygen atoms in total. The van der Waals surface area contributed by atoms with Gasteiger partial charge in [-0.2, -0.15) is 0 Å². The lowest BCUT2D eigenvalue weighted by molar-refractivity contribution is 0.424. The Balaban J connectivity index is 2.03. The Hall–Kier alpha value is -1.68. The SMILES string of the molecule is NCc1nnc(C2CCCCC2)n1-c1ccccc1. The average molecular weight is 256 g/mol. The van der Waals surface area contributed by atoms with Crippen LogP contribution in [0.1, 0.15) is 49.7 Å². The maximum Gasteiger partial charge on any atom is 0.151 e. The first-order valence-corrected chi connectivity index (χ1v) is 7.10. The second-order valence-electron chi connectivity index (χ2n) is 5.18. The molecule has 1 heterocycles. The van der Waals surface area contributed by atoms with Crippen LogP contribution in [0.4, 0.5) is 0 Å². The normalized spacial score (nSPS) is 16.7. The van der Waals surface area contributed by atoms with Crippen LogP contribution in [0.25, 0.3) is 5.69 Å². The van der Waals surface area contributed by atoms with Crippen molar-refractivity contribution in [1.29, 1.82) is 0 Å². The van der Waals surface area contributed by atoms with Gasteiger partial charge in [0.2, 0.25) is 0 Å². The molecule has 0 amide bonds. The van der Waals surface area contributed by atoms with Crippen molar-refractivity contribution in [3.8, 4) is 5.69 Å². The molecule has 1 aliphatic rings. The van der Waals surface area contributed by atoms with Gasteiger partial charge in [0.05, 0.1) is 6.54 Å². The summed E-state index contributed by atoms with van der Waals surface area (Å²) < 4.78 is 2.15. The van der Waals surface area contributed by atoms with E-state index >= 15 is 0 Å². The third-order valence-corrected chi connectivity index (χ3v) is 3.92. The highest BCUT2D eigenvalue weighted by atomic mass is 15.3. The van der Waals surface area contributed by atoms with Gasteiger partial charge in [0, 0.05) is 11.6 Å². The Labute approximate surface area is 113 Å². The van der Waals surface area contributed by atoms with E-state index in [1.165, 1.54) is 32.1 Å². The van der Waals surface area contributed by atoms with Crippen LogP contribution in [-0.4, -0.2) is 14.8 Å². The van der Waals surface area contributed by atoms with E-state index in [9.17, 15) is 0 Å². The van der Waals surface area contributed by atoms with E-state index in [-0.39, 0.29) is 0 Å². The van der Waals surface area contributed by atoms with E-state index in [0.29, 0.717) is 12.5 Å². The first-order valence-electron chi connectivity index (χ1n) is 7.10. The summed E-state index contributed by atoms with van der Waals surface area (Å²) in [6.45, 7) is 0.425. The molecule has 0 spiro atoms. The standard InChI is InChI=1S/C15H20N4/c16-11-14-17-18-15(12-7-3-1-4-8-12)19(14)13-9-5-2-6-10-13/h2,5-6,9-10,12H,1,3-4,7-8,11,16H2. The van der Waals surface area contributed by atoms with Crippen molar-refractivity contribution < 1.29 is 0 Å². The molecule has 1 saturated carbocycles. The van der Waals surface area contributed by atoms with Crippen LogP contribution in [0.15, 0.2) is 30.3 Å². The molecule has 1 aromatic carbocycles. The molecule has 3 rings (SSSR count). The van der Waals surface area contributed by atoms with Gasteiger partial charge in [0.25, 0.3) is 0 Å². The Morgan fingerprint density at radius 2 is 1.79 bits per heavy atom. The summed E-state index contributed by atoms with van der Waals surface area (Å²) in [7, 11) is 0. The molecule has 0 radical (unpaired) electrons. The van der Waals surface area contributed by atoms with Crippen LogP contribution in [0.2, 0.25) is 0 Å². The number of benzene rings is 1. The highest BCUT2D eigenvalue weighted by molar-refractivity contribution is 5.34. The fourth-order valence-electron chi connectivity index (χ4n) is 2.95. The molecule has 2 N–H and O–H groups in total. The molecule has 0 saturated heterocycles. The summed E-state index contributed by atoms with van der Waals surface area (Å²) >= 11 is 0. The molecule has 2 aromatic rings. The smallest absolute Gasteiger partial charge is 0.151 e. The second kappa shape index (κ2) is 5.53. The Bertz CT molecular complexity index is 526. The predicted molar refractivity (Wildman–Crippen MR) is 75.1 cm³/mol. The fourth-order valence-corrected chi connectivity index (χ4v) is 2.95. The minimum atomic E-state index is 0.425. The van der Waals surface area contributed by atoms with E-state index < -0.39 is 0 Å². The van der Waals surface area contributed by atoms with E-state index in [4.69, 9.17) is 5.73 Å². The zero-order chi connectivity index (χ0) is 13.1.